The minimum atomic E-state index is 0.511. The van der Waals surface area contributed by atoms with Crippen LogP contribution in [0.4, 0.5) is 0 Å². The van der Waals surface area contributed by atoms with E-state index in [4.69, 9.17) is 0 Å². The van der Waals surface area contributed by atoms with Crippen molar-refractivity contribution in [3.8, 4) is 0 Å². The highest BCUT2D eigenvalue weighted by Crippen LogP contribution is 2.33. The van der Waals surface area contributed by atoms with Gasteiger partial charge in [-0.3, -0.25) is 0 Å². The molecule has 2 aliphatic rings. The van der Waals surface area contributed by atoms with Gasteiger partial charge in [-0.2, -0.15) is 0 Å². The van der Waals surface area contributed by atoms with E-state index in [0.29, 0.717) is 6.04 Å². The van der Waals surface area contributed by atoms with Crippen molar-refractivity contribution in [1.82, 2.24) is 10.6 Å². The first-order valence-corrected chi connectivity index (χ1v) is 8.25. The predicted molar refractivity (Wildman–Crippen MR) is 78.0 cm³/mol. The molecule has 18 heavy (non-hydrogen) atoms. The van der Waals surface area contributed by atoms with Gasteiger partial charge in [-0.15, -0.1) is 11.3 Å². The van der Waals surface area contributed by atoms with Crippen LogP contribution in [0, 0.1) is 5.92 Å². The van der Waals surface area contributed by atoms with Crippen LogP contribution in [0.5, 0.6) is 0 Å². The summed E-state index contributed by atoms with van der Waals surface area (Å²) in [5.74, 6) is 0.856. The zero-order valence-corrected chi connectivity index (χ0v) is 12.0. The normalized spacial score (nSPS) is 33.9. The summed E-state index contributed by atoms with van der Waals surface area (Å²) in [5, 5.41) is 9.76. The van der Waals surface area contributed by atoms with Crippen LogP contribution in [-0.2, 0) is 0 Å². The topological polar surface area (TPSA) is 24.1 Å². The largest absolute Gasteiger partial charge is 0.314 e. The maximum absolute atomic E-state index is 3.88. The number of hydrogen-bond donors (Lipinski definition) is 2. The molecule has 0 amide bonds. The molecule has 1 aliphatic carbocycles. The molecule has 0 aromatic carbocycles. The molecule has 2 fully saturated rings. The van der Waals surface area contributed by atoms with Crippen LogP contribution in [-0.4, -0.2) is 18.6 Å². The van der Waals surface area contributed by atoms with Gasteiger partial charge in [-0.1, -0.05) is 12.5 Å². The molecule has 4 atom stereocenters. The average molecular weight is 264 g/mol. The Morgan fingerprint density at radius 2 is 2.28 bits per heavy atom. The van der Waals surface area contributed by atoms with Crippen LogP contribution < -0.4 is 10.6 Å². The Hall–Kier alpha value is -0.380. The third-order valence-corrected chi connectivity index (χ3v) is 5.67. The summed E-state index contributed by atoms with van der Waals surface area (Å²) in [6, 6.07) is 6.42. The minimum Gasteiger partial charge on any atom is -0.314 e. The first-order chi connectivity index (χ1) is 8.84. The smallest absolute Gasteiger partial charge is 0.0388 e. The van der Waals surface area contributed by atoms with E-state index in [1.54, 1.807) is 0 Å². The SMILES string of the molecule is C[C@H](NC1CCCC1C1CCCN1)c1cccs1. The van der Waals surface area contributed by atoms with E-state index in [0.717, 1.165) is 18.0 Å². The summed E-state index contributed by atoms with van der Waals surface area (Å²) in [5.41, 5.74) is 0. The van der Waals surface area contributed by atoms with Crippen molar-refractivity contribution in [2.24, 2.45) is 5.92 Å². The van der Waals surface area contributed by atoms with E-state index in [1.807, 2.05) is 11.3 Å². The van der Waals surface area contributed by atoms with Crippen LogP contribution in [0.3, 0.4) is 0 Å². The first-order valence-electron chi connectivity index (χ1n) is 7.37. The van der Waals surface area contributed by atoms with E-state index >= 15 is 0 Å². The Labute approximate surface area is 114 Å². The molecule has 100 valence electrons. The second kappa shape index (κ2) is 5.72. The lowest BCUT2D eigenvalue weighted by atomic mass is 9.92. The van der Waals surface area contributed by atoms with Gasteiger partial charge in [0.25, 0.3) is 0 Å². The standard InChI is InChI=1S/C15H24N2S/c1-11(15-8-4-10-18-15)17-14-6-2-5-12(14)13-7-3-9-16-13/h4,8,10-14,16-17H,2-3,5-7,9H2,1H3/t11-,12?,13?,14?/m0/s1. The second-order valence-electron chi connectivity index (χ2n) is 5.81. The van der Waals surface area contributed by atoms with Crippen molar-refractivity contribution in [1.29, 1.82) is 0 Å². The highest BCUT2D eigenvalue weighted by atomic mass is 32.1. The van der Waals surface area contributed by atoms with E-state index < -0.39 is 0 Å². The molecular weight excluding hydrogens is 240 g/mol. The zero-order chi connectivity index (χ0) is 12.4. The third-order valence-electron chi connectivity index (χ3n) is 4.62. The van der Waals surface area contributed by atoms with Crippen molar-refractivity contribution in [2.75, 3.05) is 6.54 Å². The third kappa shape index (κ3) is 2.63. The number of nitrogens with one attached hydrogen (secondary N) is 2. The molecule has 1 aromatic heterocycles. The fraction of sp³-hybridized carbons (Fsp3) is 0.733. The lowest BCUT2D eigenvalue weighted by molar-refractivity contribution is 0.304. The molecule has 0 radical (unpaired) electrons. The minimum absolute atomic E-state index is 0.511. The van der Waals surface area contributed by atoms with Gasteiger partial charge < -0.3 is 10.6 Å². The van der Waals surface area contributed by atoms with Gasteiger partial charge in [0.2, 0.25) is 0 Å². The quantitative estimate of drug-likeness (QED) is 0.872. The van der Waals surface area contributed by atoms with Crippen molar-refractivity contribution < 1.29 is 0 Å². The van der Waals surface area contributed by atoms with Crippen molar-refractivity contribution in [2.45, 2.75) is 57.2 Å². The van der Waals surface area contributed by atoms with Crippen LogP contribution >= 0.6 is 11.3 Å². The molecule has 2 heterocycles. The maximum Gasteiger partial charge on any atom is 0.0388 e. The molecule has 0 spiro atoms. The summed E-state index contributed by atoms with van der Waals surface area (Å²) < 4.78 is 0. The average Bonchev–Trinajstić information content (AvgIpc) is 3.11. The lowest BCUT2D eigenvalue weighted by Gasteiger charge is -2.29. The van der Waals surface area contributed by atoms with Gasteiger partial charge in [0.1, 0.15) is 0 Å². The molecular formula is C15H24N2S. The van der Waals surface area contributed by atoms with E-state index in [1.165, 1.54) is 43.5 Å². The van der Waals surface area contributed by atoms with E-state index in [2.05, 4.69) is 35.1 Å². The Kier molecular flexibility index (Phi) is 4.02. The highest BCUT2D eigenvalue weighted by molar-refractivity contribution is 7.10. The summed E-state index contributed by atoms with van der Waals surface area (Å²) in [7, 11) is 0. The molecule has 3 heteroatoms. The fourth-order valence-corrected chi connectivity index (χ4v) is 4.44. The van der Waals surface area contributed by atoms with Gasteiger partial charge in [-0.05, 0) is 56.5 Å². The maximum atomic E-state index is 3.88. The highest BCUT2D eigenvalue weighted by Gasteiger charge is 2.35. The number of rotatable bonds is 4. The molecule has 3 unspecified atom stereocenters. The molecule has 2 N–H and O–H groups in total. The van der Waals surface area contributed by atoms with Gasteiger partial charge in [0.15, 0.2) is 0 Å². The Morgan fingerprint density at radius 1 is 1.33 bits per heavy atom. The van der Waals surface area contributed by atoms with Gasteiger partial charge in [0, 0.05) is 23.0 Å². The number of thiophene rings is 1. The summed E-state index contributed by atoms with van der Waals surface area (Å²) >= 11 is 1.87. The Bertz CT molecular complexity index is 357. The Balaban J connectivity index is 1.60. The van der Waals surface area contributed by atoms with Crippen molar-refractivity contribution in [3.05, 3.63) is 22.4 Å². The van der Waals surface area contributed by atoms with Gasteiger partial charge in [0.05, 0.1) is 0 Å². The number of hydrogen-bond acceptors (Lipinski definition) is 3. The molecule has 1 aromatic rings. The van der Waals surface area contributed by atoms with E-state index in [9.17, 15) is 0 Å². The fourth-order valence-electron chi connectivity index (χ4n) is 3.70. The van der Waals surface area contributed by atoms with Crippen molar-refractivity contribution >= 4 is 11.3 Å². The molecule has 1 saturated carbocycles. The van der Waals surface area contributed by atoms with Gasteiger partial charge >= 0.3 is 0 Å². The lowest BCUT2D eigenvalue weighted by Crippen LogP contribution is -2.42. The summed E-state index contributed by atoms with van der Waals surface area (Å²) in [6.45, 7) is 3.54. The first kappa shape index (κ1) is 12.6. The van der Waals surface area contributed by atoms with Crippen LogP contribution in [0.1, 0.15) is 49.9 Å². The predicted octanol–water partition coefficient (Wildman–Crippen LogP) is 3.32. The monoisotopic (exact) mass is 264 g/mol. The van der Waals surface area contributed by atoms with Gasteiger partial charge in [-0.25, -0.2) is 0 Å². The molecule has 1 aliphatic heterocycles. The van der Waals surface area contributed by atoms with Crippen LogP contribution in [0.15, 0.2) is 17.5 Å². The molecule has 3 rings (SSSR count). The molecule has 0 bridgehead atoms. The molecule has 2 nitrogen and oxygen atoms in total. The summed E-state index contributed by atoms with van der Waals surface area (Å²) in [6.07, 6.45) is 6.92. The Morgan fingerprint density at radius 3 is 3.00 bits per heavy atom. The van der Waals surface area contributed by atoms with E-state index in [-0.39, 0.29) is 0 Å². The zero-order valence-electron chi connectivity index (χ0n) is 11.2. The van der Waals surface area contributed by atoms with Crippen LogP contribution in [0.2, 0.25) is 0 Å². The van der Waals surface area contributed by atoms with Crippen LogP contribution in [0.25, 0.3) is 0 Å². The van der Waals surface area contributed by atoms with Crippen molar-refractivity contribution in [3.63, 3.8) is 0 Å². The molecule has 1 saturated heterocycles. The second-order valence-corrected chi connectivity index (χ2v) is 6.79. The summed E-state index contributed by atoms with van der Waals surface area (Å²) in [4.78, 5) is 1.47.